The number of hydrogen-bond donors (Lipinski definition) is 1. The first kappa shape index (κ1) is 10.8. The molecule has 0 spiro atoms. The Morgan fingerprint density at radius 2 is 2.06 bits per heavy atom. The van der Waals surface area contributed by atoms with E-state index in [1.165, 1.54) is 12.3 Å². The first-order valence-electron chi connectivity index (χ1n) is 5.02. The predicted molar refractivity (Wildman–Crippen MR) is 60.3 cm³/mol. The fourth-order valence-electron chi connectivity index (χ4n) is 1.64. The summed E-state index contributed by atoms with van der Waals surface area (Å²) in [6, 6.07) is 7.06. The van der Waals surface area contributed by atoms with E-state index >= 15 is 0 Å². The van der Waals surface area contributed by atoms with Crippen LogP contribution >= 0.6 is 0 Å². The molecule has 0 atom stereocenters. The van der Waals surface area contributed by atoms with Gasteiger partial charge >= 0.3 is 0 Å². The van der Waals surface area contributed by atoms with Gasteiger partial charge in [0, 0.05) is 11.8 Å². The lowest BCUT2D eigenvalue weighted by Gasteiger charge is -2.07. The number of rotatable bonds is 2. The molecule has 2 nitrogen and oxygen atoms in total. The van der Waals surface area contributed by atoms with Gasteiger partial charge in [-0.3, -0.25) is 4.98 Å². The Kier molecular flexibility index (Phi) is 2.97. The maximum absolute atomic E-state index is 13.1. The molecule has 16 heavy (non-hydrogen) atoms. The molecule has 0 bridgehead atoms. The van der Waals surface area contributed by atoms with Crippen LogP contribution in [0.25, 0.3) is 11.1 Å². The number of aromatic nitrogens is 1. The SMILES string of the molecule is Cc1ccc(CO)cc1-c1cncc(F)c1. The second-order valence-electron chi connectivity index (χ2n) is 3.70. The highest BCUT2D eigenvalue weighted by Crippen LogP contribution is 2.24. The quantitative estimate of drug-likeness (QED) is 0.839. The van der Waals surface area contributed by atoms with E-state index in [1.807, 2.05) is 25.1 Å². The molecule has 0 radical (unpaired) electrons. The van der Waals surface area contributed by atoms with Gasteiger partial charge in [-0.1, -0.05) is 12.1 Å². The molecule has 0 fully saturated rings. The normalized spacial score (nSPS) is 10.4. The molecular weight excluding hydrogens is 205 g/mol. The van der Waals surface area contributed by atoms with Crippen LogP contribution in [0.1, 0.15) is 11.1 Å². The monoisotopic (exact) mass is 217 g/mol. The van der Waals surface area contributed by atoms with Crippen molar-refractivity contribution in [1.29, 1.82) is 0 Å². The summed E-state index contributed by atoms with van der Waals surface area (Å²) in [5.74, 6) is -0.355. The van der Waals surface area contributed by atoms with Gasteiger partial charge in [-0.2, -0.15) is 0 Å². The molecule has 1 aromatic heterocycles. The van der Waals surface area contributed by atoms with E-state index in [-0.39, 0.29) is 12.4 Å². The fourth-order valence-corrected chi connectivity index (χ4v) is 1.64. The number of nitrogens with zero attached hydrogens (tertiary/aromatic N) is 1. The Morgan fingerprint density at radius 1 is 1.25 bits per heavy atom. The lowest BCUT2D eigenvalue weighted by molar-refractivity contribution is 0.282. The number of aliphatic hydroxyl groups excluding tert-OH is 1. The minimum absolute atomic E-state index is 0.0178. The summed E-state index contributed by atoms with van der Waals surface area (Å²) >= 11 is 0. The van der Waals surface area contributed by atoms with Gasteiger partial charge in [-0.05, 0) is 35.7 Å². The van der Waals surface area contributed by atoms with E-state index in [0.717, 1.165) is 22.3 Å². The molecule has 2 rings (SSSR count). The lowest BCUT2D eigenvalue weighted by Crippen LogP contribution is -1.90. The summed E-state index contributed by atoms with van der Waals surface area (Å²) in [7, 11) is 0. The summed E-state index contributed by atoms with van der Waals surface area (Å²) in [5.41, 5.74) is 3.47. The molecule has 0 saturated carbocycles. The van der Waals surface area contributed by atoms with Crippen molar-refractivity contribution in [1.82, 2.24) is 4.98 Å². The fraction of sp³-hybridized carbons (Fsp3) is 0.154. The van der Waals surface area contributed by atoms with Crippen LogP contribution in [0.4, 0.5) is 4.39 Å². The van der Waals surface area contributed by atoms with Gasteiger partial charge in [0.1, 0.15) is 5.82 Å². The highest BCUT2D eigenvalue weighted by molar-refractivity contribution is 5.67. The van der Waals surface area contributed by atoms with Crippen LogP contribution in [-0.4, -0.2) is 10.1 Å². The second kappa shape index (κ2) is 4.41. The van der Waals surface area contributed by atoms with Gasteiger partial charge in [0.05, 0.1) is 12.8 Å². The molecular formula is C13H12FNO. The number of aliphatic hydroxyl groups is 1. The van der Waals surface area contributed by atoms with Crippen LogP contribution in [0.3, 0.4) is 0 Å². The molecule has 3 heteroatoms. The van der Waals surface area contributed by atoms with Crippen molar-refractivity contribution in [3.63, 3.8) is 0 Å². The standard InChI is InChI=1S/C13H12FNO/c1-9-2-3-10(8-16)4-13(9)11-5-12(14)7-15-6-11/h2-7,16H,8H2,1H3. The van der Waals surface area contributed by atoms with Gasteiger partial charge < -0.3 is 5.11 Å². The number of benzene rings is 1. The third kappa shape index (κ3) is 2.09. The summed E-state index contributed by atoms with van der Waals surface area (Å²) in [6.45, 7) is 1.93. The molecule has 0 saturated heterocycles. The Labute approximate surface area is 93.4 Å². The minimum atomic E-state index is -0.355. The van der Waals surface area contributed by atoms with Crippen LogP contribution in [0, 0.1) is 12.7 Å². The molecule has 82 valence electrons. The summed E-state index contributed by atoms with van der Waals surface area (Å²) < 4.78 is 13.1. The maximum Gasteiger partial charge on any atom is 0.142 e. The molecule has 1 N–H and O–H groups in total. The van der Waals surface area contributed by atoms with E-state index in [0.29, 0.717) is 0 Å². The van der Waals surface area contributed by atoms with Gasteiger partial charge in [0.15, 0.2) is 0 Å². The highest BCUT2D eigenvalue weighted by Gasteiger charge is 2.04. The van der Waals surface area contributed by atoms with E-state index in [9.17, 15) is 4.39 Å². The molecule has 2 aromatic rings. The third-order valence-electron chi connectivity index (χ3n) is 2.50. The second-order valence-corrected chi connectivity index (χ2v) is 3.70. The zero-order valence-electron chi connectivity index (χ0n) is 8.94. The summed E-state index contributed by atoms with van der Waals surface area (Å²) in [6.07, 6.45) is 2.79. The van der Waals surface area contributed by atoms with E-state index < -0.39 is 0 Å². The zero-order valence-corrected chi connectivity index (χ0v) is 8.94. The Hall–Kier alpha value is -1.74. The van der Waals surface area contributed by atoms with Crippen molar-refractivity contribution < 1.29 is 9.50 Å². The molecule has 0 amide bonds. The largest absolute Gasteiger partial charge is 0.392 e. The Balaban J connectivity index is 2.54. The third-order valence-corrected chi connectivity index (χ3v) is 2.50. The number of pyridine rings is 1. The van der Waals surface area contributed by atoms with E-state index in [4.69, 9.17) is 5.11 Å². The minimum Gasteiger partial charge on any atom is -0.392 e. The van der Waals surface area contributed by atoms with Crippen LogP contribution in [-0.2, 0) is 6.61 Å². The van der Waals surface area contributed by atoms with Crippen molar-refractivity contribution in [2.45, 2.75) is 13.5 Å². The molecule has 0 unspecified atom stereocenters. The Bertz CT molecular complexity index is 511. The van der Waals surface area contributed by atoms with Gasteiger partial charge in [0.25, 0.3) is 0 Å². The Morgan fingerprint density at radius 3 is 2.75 bits per heavy atom. The number of aryl methyl sites for hydroxylation is 1. The van der Waals surface area contributed by atoms with Crippen molar-refractivity contribution in [3.8, 4) is 11.1 Å². The maximum atomic E-state index is 13.1. The van der Waals surface area contributed by atoms with Crippen molar-refractivity contribution in [2.75, 3.05) is 0 Å². The van der Waals surface area contributed by atoms with E-state index in [2.05, 4.69) is 4.98 Å². The smallest absolute Gasteiger partial charge is 0.142 e. The topological polar surface area (TPSA) is 33.1 Å². The average molecular weight is 217 g/mol. The van der Waals surface area contributed by atoms with Crippen molar-refractivity contribution in [2.24, 2.45) is 0 Å². The lowest BCUT2D eigenvalue weighted by atomic mass is 9.99. The van der Waals surface area contributed by atoms with Crippen LogP contribution < -0.4 is 0 Å². The van der Waals surface area contributed by atoms with Crippen LogP contribution in [0.5, 0.6) is 0 Å². The van der Waals surface area contributed by atoms with Crippen LogP contribution in [0.2, 0.25) is 0 Å². The average Bonchev–Trinajstić information content (AvgIpc) is 2.30. The number of halogens is 1. The summed E-state index contributed by atoms with van der Waals surface area (Å²) in [4.78, 5) is 3.82. The zero-order chi connectivity index (χ0) is 11.5. The van der Waals surface area contributed by atoms with Gasteiger partial charge in [0.2, 0.25) is 0 Å². The molecule has 0 aliphatic carbocycles. The predicted octanol–water partition coefficient (Wildman–Crippen LogP) is 2.69. The molecule has 0 aliphatic heterocycles. The van der Waals surface area contributed by atoms with Gasteiger partial charge in [-0.25, -0.2) is 4.39 Å². The summed E-state index contributed by atoms with van der Waals surface area (Å²) in [5, 5.41) is 9.06. The van der Waals surface area contributed by atoms with Crippen molar-refractivity contribution >= 4 is 0 Å². The van der Waals surface area contributed by atoms with Crippen LogP contribution in [0.15, 0.2) is 36.7 Å². The molecule has 1 aromatic carbocycles. The van der Waals surface area contributed by atoms with Gasteiger partial charge in [-0.15, -0.1) is 0 Å². The molecule has 1 heterocycles. The number of hydrogen-bond acceptors (Lipinski definition) is 2. The molecule has 0 aliphatic rings. The first-order valence-corrected chi connectivity index (χ1v) is 5.02. The first-order chi connectivity index (χ1) is 7.70. The van der Waals surface area contributed by atoms with Crippen molar-refractivity contribution in [3.05, 3.63) is 53.6 Å². The van der Waals surface area contributed by atoms with E-state index in [1.54, 1.807) is 6.20 Å². The highest BCUT2D eigenvalue weighted by atomic mass is 19.1.